The maximum Gasteiger partial charge on any atom is 0.341 e. The fraction of sp³-hybridized carbons (Fsp3) is 0.158. The lowest BCUT2D eigenvalue weighted by atomic mass is 10.1. The molecule has 3 N–H and O–H groups in total. The van der Waals surface area contributed by atoms with Crippen molar-refractivity contribution in [3.8, 4) is 5.75 Å². The van der Waals surface area contributed by atoms with Crippen LogP contribution in [-0.4, -0.2) is 34.7 Å². The Hall–Kier alpha value is -3.37. The van der Waals surface area contributed by atoms with Crippen molar-refractivity contribution in [1.82, 2.24) is 9.78 Å². The molecule has 30 heavy (non-hydrogen) atoms. The monoisotopic (exact) mass is 448 g/mol. The van der Waals surface area contributed by atoms with Crippen LogP contribution in [0.2, 0.25) is 5.02 Å². The van der Waals surface area contributed by atoms with Gasteiger partial charge in [-0.15, -0.1) is 11.3 Å². The second-order valence-corrected chi connectivity index (χ2v) is 7.44. The number of carbonyl (C=O) groups excluding carboxylic acids is 3. The van der Waals surface area contributed by atoms with Crippen molar-refractivity contribution in [3.05, 3.63) is 63.2 Å². The number of primary amides is 1. The van der Waals surface area contributed by atoms with Crippen LogP contribution in [0.5, 0.6) is 5.75 Å². The Morgan fingerprint density at radius 1 is 1.27 bits per heavy atom. The van der Waals surface area contributed by atoms with Crippen molar-refractivity contribution in [2.75, 3.05) is 12.4 Å². The van der Waals surface area contributed by atoms with Crippen LogP contribution in [-0.2, 0) is 11.5 Å². The zero-order chi connectivity index (χ0) is 21.8. The van der Waals surface area contributed by atoms with Gasteiger partial charge in [-0.3, -0.25) is 9.59 Å². The van der Waals surface area contributed by atoms with Crippen LogP contribution in [0.3, 0.4) is 0 Å². The van der Waals surface area contributed by atoms with Gasteiger partial charge in [0.25, 0.3) is 11.8 Å². The number of amides is 2. The summed E-state index contributed by atoms with van der Waals surface area (Å²) in [7, 11) is 1.20. The zero-order valence-corrected chi connectivity index (χ0v) is 17.5. The molecule has 1 aromatic carbocycles. The minimum absolute atomic E-state index is 0.0361. The Morgan fingerprint density at radius 3 is 2.67 bits per heavy atom. The Labute approximate surface area is 180 Å². The summed E-state index contributed by atoms with van der Waals surface area (Å²) in [6, 6.07) is 8.46. The maximum atomic E-state index is 12.6. The van der Waals surface area contributed by atoms with Gasteiger partial charge in [0.05, 0.1) is 22.6 Å². The predicted octanol–water partition coefficient (Wildman–Crippen LogP) is 3.08. The van der Waals surface area contributed by atoms with E-state index in [0.717, 1.165) is 11.3 Å². The van der Waals surface area contributed by atoms with Crippen molar-refractivity contribution in [1.29, 1.82) is 0 Å². The Bertz CT molecular complexity index is 1120. The smallest absolute Gasteiger partial charge is 0.341 e. The molecular formula is C19H17ClN4O5S. The lowest BCUT2D eigenvalue weighted by Gasteiger charge is -2.07. The van der Waals surface area contributed by atoms with Crippen molar-refractivity contribution in [3.63, 3.8) is 0 Å². The third-order valence-electron chi connectivity index (χ3n) is 4.05. The Kier molecular flexibility index (Phi) is 6.38. The third-order valence-corrected chi connectivity index (χ3v) is 5.58. The largest absolute Gasteiger partial charge is 0.470 e. The molecule has 0 unspecified atom stereocenters. The molecule has 0 aliphatic heterocycles. The first kappa shape index (κ1) is 21.3. The number of thiophene rings is 1. The average Bonchev–Trinajstić information content (AvgIpc) is 3.31. The minimum Gasteiger partial charge on any atom is -0.470 e. The van der Waals surface area contributed by atoms with E-state index in [0.29, 0.717) is 16.3 Å². The number of nitrogens with two attached hydrogens (primary N) is 1. The van der Waals surface area contributed by atoms with E-state index in [-0.39, 0.29) is 27.9 Å². The highest BCUT2D eigenvalue weighted by Gasteiger charge is 2.26. The summed E-state index contributed by atoms with van der Waals surface area (Å²) in [5, 5.41) is 7.34. The quantitative estimate of drug-likeness (QED) is 0.535. The number of nitrogens with one attached hydrogen (secondary N) is 1. The number of esters is 1. The predicted molar refractivity (Wildman–Crippen MR) is 111 cm³/mol. The van der Waals surface area contributed by atoms with Gasteiger partial charge in [0.1, 0.15) is 10.8 Å². The van der Waals surface area contributed by atoms with Crippen molar-refractivity contribution >= 4 is 45.7 Å². The van der Waals surface area contributed by atoms with Crippen LogP contribution < -0.4 is 15.8 Å². The molecule has 0 spiro atoms. The molecule has 2 heterocycles. The first-order valence-electron chi connectivity index (χ1n) is 8.55. The molecule has 2 amide bonds. The highest BCUT2D eigenvalue weighted by Crippen LogP contribution is 2.33. The maximum absolute atomic E-state index is 12.6. The van der Waals surface area contributed by atoms with Gasteiger partial charge in [0.15, 0.2) is 12.4 Å². The van der Waals surface area contributed by atoms with Crippen molar-refractivity contribution < 1.29 is 23.9 Å². The van der Waals surface area contributed by atoms with Gasteiger partial charge >= 0.3 is 5.97 Å². The molecule has 3 rings (SSSR count). The number of carbonyl (C=O) groups is 3. The minimum atomic E-state index is -0.704. The first-order chi connectivity index (χ1) is 14.3. The number of halogens is 1. The molecule has 0 bridgehead atoms. The number of ether oxygens (including phenoxy) is 2. The number of hydrogen-bond acceptors (Lipinski definition) is 7. The van der Waals surface area contributed by atoms with E-state index in [4.69, 9.17) is 26.8 Å². The molecule has 0 fully saturated rings. The number of anilines is 1. The summed E-state index contributed by atoms with van der Waals surface area (Å²) < 4.78 is 11.7. The summed E-state index contributed by atoms with van der Waals surface area (Å²) in [5.41, 5.74) is 5.84. The number of rotatable bonds is 7. The summed E-state index contributed by atoms with van der Waals surface area (Å²) in [6.07, 6.45) is 1.56. The fourth-order valence-electron chi connectivity index (χ4n) is 2.60. The van der Waals surface area contributed by atoms with E-state index in [2.05, 4.69) is 10.4 Å². The molecule has 0 aliphatic carbocycles. The van der Waals surface area contributed by atoms with E-state index in [1.54, 1.807) is 37.4 Å². The number of hydrogen-bond donors (Lipinski definition) is 2. The molecule has 0 atom stereocenters. The molecule has 9 nitrogen and oxygen atoms in total. The lowest BCUT2D eigenvalue weighted by molar-refractivity contribution is 0.0601. The van der Waals surface area contributed by atoms with Crippen LogP contribution in [0, 0.1) is 6.92 Å². The highest BCUT2D eigenvalue weighted by molar-refractivity contribution is 7.18. The molecular weight excluding hydrogens is 432 g/mol. The number of para-hydroxylation sites is 1. The van der Waals surface area contributed by atoms with E-state index in [9.17, 15) is 14.4 Å². The average molecular weight is 449 g/mol. The topological polar surface area (TPSA) is 126 Å². The van der Waals surface area contributed by atoms with Crippen LogP contribution in [0.4, 0.5) is 5.00 Å². The van der Waals surface area contributed by atoms with Gasteiger partial charge in [-0.2, -0.15) is 5.10 Å². The number of benzene rings is 1. The van der Waals surface area contributed by atoms with Crippen molar-refractivity contribution in [2.45, 2.75) is 13.7 Å². The van der Waals surface area contributed by atoms with Gasteiger partial charge in [0.2, 0.25) is 0 Å². The summed E-state index contributed by atoms with van der Waals surface area (Å²) in [5.74, 6) is -1.49. The lowest BCUT2D eigenvalue weighted by Crippen LogP contribution is -2.16. The second-order valence-electron chi connectivity index (χ2n) is 6.01. The summed E-state index contributed by atoms with van der Waals surface area (Å²) >= 11 is 6.93. The van der Waals surface area contributed by atoms with E-state index < -0.39 is 17.8 Å². The third kappa shape index (κ3) is 4.44. The number of nitrogens with zero attached hydrogens (tertiary/aromatic N) is 2. The van der Waals surface area contributed by atoms with E-state index in [1.807, 2.05) is 0 Å². The zero-order valence-electron chi connectivity index (χ0n) is 16.0. The van der Waals surface area contributed by atoms with Crippen LogP contribution in [0.25, 0.3) is 0 Å². The molecule has 0 radical (unpaired) electrons. The molecule has 0 aliphatic rings. The van der Waals surface area contributed by atoms with Gasteiger partial charge in [0, 0.05) is 6.20 Å². The Morgan fingerprint density at radius 2 is 2.00 bits per heavy atom. The van der Waals surface area contributed by atoms with Gasteiger partial charge < -0.3 is 20.5 Å². The SMILES string of the molecule is COC(=O)c1c(NC(=O)c2ccn(COc3ccccc3Cl)n2)sc(C(N)=O)c1C. The molecule has 11 heteroatoms. The van der Waals surface area contributed by atoms with Crippen LogP contribution in [0.1, 0.15) is 36.1 Å². The van der Waals surface area contributed by atoms with Crippen molar-refractivity contribution in [2.24, 2.45) is 5.73 Å². The summed E-state index contributed by atoms with van der Waals surface area (Å²) in [4.78, 5) is 36.4. The fourth-order valence-corrected chi connectivity index (χ4v) is 3.84. The normalized spacial score (nSPS) is 10.5. The number of aromatic nitrogens is 2. The van der Waals surface area contributed by atoms with Gasteiger partial charge in [-0.25, -0.2) is 9.48 Å². The molecule has 2 aromatic heterocycles. The van der Waals surface area contributed by atoms with Gasteiger partial charge in [-0.1, -0.05) is 23.7 Å². The van der Waals surface area contributed by atoms with Crippen LogP contribution in [0.15, 0.2) is 36.5 Å². The first-order valence-corrected chi connectivity index (χ1v) is 9.75. The van der Waals surface area contributed by atoms with E-state index in [1.165, 1.54) is 17.9 Å². The van der Waals surface area contributed by atoms with E-state index >= 15 is 0 Å². The molecule has 0 saturated carbocycles. The molecule has 3 aromatic rings. The number of methoxy groups -OCH3 is 1. The highest BCUT2D eigenvalue weighted by atomic mass is 35.5. The molecule has 0 saturated heterocycles. The van der Waals surface area contributed by atoms with Gasteiger partial charge in [-0.05, 0) is 30.7 Å². The second kappa shape index (κ2) is 8.97. The molecule has 156 valence electrons. The summed E-state index contributed by atoms with van der Waals surface area (Å²) in [6.45, 7) is 1.59. The Balaban J connectivity index is 1.76. The van der Waals surface area contributed by atoms with Crippen LogP contribution >= 0.6 is 22.9 Å². The standard InChI is InChI=1S/C19H17ClN4O5S/c1-10-14(19(27)28-2)18(30-15(10)16(21)25)22-17(26)12-7-8-24(23-12)9-29-13-6-4-3-5-11(13)20/h3-8H,9H2,1-2H3,(H2,21,25)(H,22,26).